The Hall–Kier alpha value is -2.95. The van der Waals surface area contributed by atoms with Crippen LogP contribution in [-0.2, 0) is 0 Å². The van der Waals surface area contributed by atoms with Crippen molar-refractivity contribution in [1.82, 2.24) is 9.97 Å². The van der Waals surface area contributed by atoms with E-state index in [9.17, 15) is 8.78 Å². The molecule has 0 aliphatic rings. The van der Waals surface area contributed by atoms with Crippen molar-refractivity contribution in [2.45, 2.75) is 6.92 Å². The first-order chi connectivity index (χ1) is 9.97. The Labute approximate surface area is 119 Å². The highest BCUT2D eigenvalue weighted by molar-refractivity contribution is 5.74. The van der Waals surface area contributed by atoms with Gasteiger partial charge in [0.15, 0.2) is 0 Å². The van der Waals surface area contributed by atoms with Gasteiger partial charge in [0.25, 0.3) is 0 Å². The second-order valence-corrected chi connectivity index (χ2v) is 4.00. The summed E-state index contributed by atoms with van der Waals surface area (Å²) in [4.78, 5) is 7.30. The number of aromatic nitrogens is 2. The molecule has 1 heterocycles. The molecule has 0 radical (unpaired) electrons. The Morgan fingerprint density at radius 1 is 1.24 bits per heavy atom. The largest absolute Gasteiger partial charge is 0.494 e. The number of rotatable bonds is 3. The summed E-state index contributed by atoms with van der Waals surface area (Å²) in [7, 11) is 0. The van der Waals surface area contributed by atoms with Gasteiger partial charge >= 0.3 is 0 Å². The van der Waals surface area contributed by atoms with Gasteiger partial charge in [-0.2, -0.15) is 10.2 Å². The van der Waals surface area contributed by atoms with Crippen LogP contribution >= 0.6 is 0 Å². The molecule has 0 saturated heterocycles. The minimum atomic E-state index is -0.938. The molecule has 0 spiro atoms. The number of nitrogens with zero attached hydrogens (tertiary/aromatic N) is 3. The maximum absolute atomic E-state index is 14.1. The number of nitrogen functional groups attached to an aromatic ring is 2. The molecule has 2 aromatic rings. The lowest BCUT2D eigenvalue weighted by Crippen LogP contribution is -2.07. The third-order valence-corrected chi connectivity index (χ3v) is 2.63. The van der Waals surface area contributed by atoms with Crippen molar-refractivity contribution in [3.63, 3.8) is 0 Å². The third-order valence-electron chi connectivity index (χ3n) is 2.63. The Bertz CT molecular complexity index is 719. The summed E-state index contributed by atoms with van der Waals surface area (Å²) >= 11 is 0. The molecule has 0 unspecified atom stereocenters. The van der Waals surface area contributed by atoms with Gasteiger partial charge in [0, 0.05) is 12.1 Å². The average molecular weight is 291 g/mol. The number of nitrogens with two attached hydrogens (primary N) is 2. The molecule has 0 aliphatic heterocycles. The quantitative estimate of drug-likeness (QED) is 0.892. The van der Waals surface area contributed by atoms with Gasteiger partial charge < -0.3 is 16.2 Å². The van der Waals surface area contributed by atoms with E-state index in [1.807, 2.05) is 0 Å². The van der Waals surface area contributed by atoms with E-state index in [1.54, 1.807) is 13.0 Å². The zero-order valence-corrected chi connectivity index (χ0v) is 11.0. The highest BCUT2D eigenvalue weighted by atomic mass is 19.1. The molecule has 108 valence electrons. The summed E-state index contributed by atoms with van der Waals surface area (Å²) in [6.07, 6.45) is 0. The van der Waals surface area contributed by atoms with Crippen molar-refractivity contribution >= 4 is 11.8 Å². The molecule has 0 atom stereocenters. The van der Waals surface area contributed by atoms with Crippen LogP contribution in [0.3, 0.4) is 0 Å². The molecule has 0 aliphatic carbocycles. The molecular formula is C13H11F2N5O. The fourth-order valence-electron chi connectivity index (χ4n) is 1.81. The average Bonchev–Trinajstić information content (AvgIpc) is 2.37. The summed E-state index contributed by atoms with van der Waals surface area (Å²) in [6, 6.07) is 3.71. The number of anilines is 2. The van der Waals surface area contributed by atoms with Gasteiger partial charge in [0.2, 0.25) is 5.95 Å². The van der Waals surface area contributed by atoms with E-state index >= 15 is 0 Å². The summed E-state index contributed by atoms with van der Waals surface area (Å²) in [5, 5.41) is 9.05. The van der Waals surface area contributed by atoms with Gasteiger partial charge in [-0.1, -0.05) is 0 Å². The van der Waals surface area contributed by atoms with E-state index < -0.39 is 17.2 Å². The van der Waals surface area contributed by atoms with Crippen LogP contribution in [-0.4, -0.2) is 16.6 Å². The molecule has 0 bridgehead atoms. The van der Waals surface area contributed by atoms with E-state index in [0.717, 1.165) is 12.1 Å². The van der Waals surface area contributed by atoms with Gasteiger partial charge in [-0.05, 0) is 6.92 Å². The normalized spacial score (nSPS) is 10.2. The number of ether oxygens (including phenoxy) is 1. The molecule has 0 fully saturated rings. The Balaban J connectivity index is 2.71. The highest BCUT2D eigenvalue weighted by Gasteiger charge is 2.21. The lowest BCUT2D eigenvalue weighted by molar-refractivity contribution is 0.336. The van der Waals surface area contributed by atoms with Crippen molar-refractivity contribution in [2.75, 3.05) is 18.1 Å². The van der Waals surface area contributed by atoms with Crippen molar-refractivity contribution in [3.05, 3.63) is 29.3 Å². The van der Waals surface area contributed by atoms with Crippen LogP contribution in [0.5, 0.6) is 5.75 Å². The summed E-state index contributed by atoms with van der Waals surface area (Å²) < 4.78 is 33.3. The maximum Gasteiger partial charge on any atom is 0.222 e. The molecular weight excluding hydrogens is 280 g/mol. The van der Waals surface area contributed by atoms with Gasteiger partial charge in [0.05, 0.1) is 12.2 Å². The minimum absolute atomic E-state index is 0.0322. The summed E-state index contributed by atoms with van der Waals surface area (Å²) in [6.45, 7) is 1.94. The van der Waals surface area contributed by atoms with E-state index in [2.05, 4.69) is 9.97 Å². The van der Waals surface area contributed by atoms with Crippen molar-refractivity contribution < 1.29 is 13.5 Å². The van der Waals surface area contributed by atoms with Crippen LogP contribution in [0.25, 0.3) is 11.3 Å². The zero-order chi connectivity index (χ0) is 15.6. The molecule has 8 heteroatoms. The molecule has 2 rings (SSSR count). The standard InChI is InChI=1S/C13H11F2N5O/c1-2-21-6-3-8(14)10(9(15)4-6)11-7(5-16)12(17)20-13(18)19-11/h3-4H,2H2,1H3,(H4,17,18,19,20). The first-order valence-electron chi connectivity index (χ1n) is 5.93. The van der Waals surface area contributed by atoms with E-state index in [0.29, 0.717) is 0 Å². The maximum atomic E-state index is 14.1. The van der Waals surface area contributed by atoms with Gasteiger partial charge in [-0.3, -0.25) is 0 Å². The third kappa shape index (κ3) is 2.67. The van der Waals surface area contributed by atoms with Gasteiger partial charge in [-0.25, -0.2) is 13.8 Å². The lowest BCUT2D eigenvalue weighted by atomic mass is 10.1. The Morgan fingerprint density at radius 3 is 2.38 bits per heavy atom. The van der Waals surface area contributed by atoms with Crippen molar-refractivity contribution in [1.29, 1.82) is 5.26 Å². The van der Waals surface area contributed by atoms with Crippen LogP contribution in [0.1, 0.15) is 12.5 Å². The van der Waals surface area contributed by atoms with Crippen molar-refractivity contribution in [3.8, 4) is 23.1 Å². The fourth-order valence-corrected chi connectivity index (χ4v) is 1.81. The second-order valence-electron chi connectivity index (χ2n) is 4.00. The van der Waals surface area contributed by atoms with Crippen LogP contribution in [0.2, 0.25) is 0 Å². The monoisotopic (exact) mass is 291 g/mol. The summed E-state index contributed by atoms with van der Waals surface area (Å²) in [5.74, 6) is -2.37. The SMILES string of the molecule is CCOc1cc(F)c(-c2nc(N)nc(N)c2C#N)c(F)c1. The number of hydrogen-bond donors (Lipinski definition) is 2. The molecule has 1 aromatic heterocycles. The topological polar surface area (TPSA) is 111 Å². The van der Waals surface area contributed by atoms with Crippen LogP contribution in [0.15, 0.2) is 12.1 Å². The minimum Gasteiger partial charge on any atom is -0.494 e. The van der Waals surface area contributed by atoms with E-state index in [-0.39, 0.29) is 35.4 Å². The van der Waals surface area contributed by atoms with Gasteiger partial charge in [-0.15, -0.1) is 0 Å². The molecule has 6 nitrogen and oxygen atoms in total. The predicted octanol–water partition coefficient (Wildman–Crippen LogP) is 1.86. The second kappa shape index (κ2) is 5.58. The molecule has 0 saturated carbocycles. The molecule has 0 amide bonds. The van der Waals surface area contributed by atoms with E-state index in [1.165, 1.54) is 0 Å². The zero-order valence-electron chi connectivity index (χ0n) is 11.0. The molecule has 21 heavy (non-hydrogen) atoms. The Kier molecular flexibility index (Phi) is 3.84. The van der Waals surface area contributed by atoms with Gasteiger partial charge in [0.1, 0.15) is 40.5 Å². The number of halogens is 2. The van der Waals surface area contributed by atoms with E-state index in [4.69, 9.17) is 21.5 Å². The van der Waals surface area contributed by atoms with Crippen LogP contribution in [0, 0.1) is 23.0 Å². The number of hydrogen-bond acceptors (Lipinski definition) is 6. The summed E-state index contributed by atoms with van der Waals surface area (Å²) in [5.41, 5.74) is 9.90. The van der Waals surface area contributed by atoms with Crippen LogP contribution < -0.4 is 16.2 Å². The number of benzene rings is 1. The first kappa shape index (κ1) is 14.5. The number of nitriles is 1. The molecule has 4 N–H and O–H groups in total. The van der Waals surface area contributed by atoms with Crippen molar-refractivity contribution in [2.24, 2.45) is 0 Å². The highest BCUT2D eigenvalue weighted by Crippen LogP contribution is 2.32. The molecule has 1 aromatic carbocycles. The predicted molar refractivity (Wildman–Crippen MR) is 72.1 cm³/mol. The fraction of sp³-hybridized carbons (Fsp3) is 0.154. The first-order valence-corrected chi connectivity index (χ1v) is 5.93. The lowest BCUT2D eigenvalue weighted by Gasteiger charge is -2.10. The van der Waals surface area contributed by atoms with Crippen LogP contribution in [0.4, 0.5) is 20.5 Å². The Morgan fingerprint density at radius 2 is 1.86 bits per heavy atom. The smallest absolute Gasteiger partial charge is 0.222 e.